The molecule has 2 amide bonds. The van der Waals surface area contributed by atoms with Crippen LogP contribution in [-0.4, -0.2) is 40.5 Å². The number of amides is 2. The minimum absolute atomic E-state index is 0.145. The van der Waals surface area contributed by atoms with Crippen LogP contribution in [0.15, 0.2) is 38.4 Å². The molecule has 1 saturated carbocycles. The van der Waals surface area contributed by atoms with Crippen LogP contribution in [0.5, 0.6) is 0 Å². The number of hydrogen-bond donors (Lipinski definition) is 1. The molecule has 0 spiro atoms. The Kier molecular flexibility index (Phi) is 8.90. The maximum Gasteiger partial charge on any atom is 0.236 e. The molecular formula is C29H33Br2ClN4O2. The number of likely N-dealkylation sites (tertiary alicyclic amines) is 1. The second kappa shape index (κ2) is 12.2. The summed E-state index contributed by atoms with van der Waals surface area (Å²) in [5.41, 5.74) is 8.63. The smallest absolute Gasteiger partial charge is 0.236 e. The number of halogens is 3. The fourth-order valence-electron chi connectivity index (χ4n) is 6.37. The van der Waals surface area contributed by atoms with Crippen LogP contribution in [0.3, 0.4) is 0 Å². The molecule has 2 heterocycles. The summed E-state index contributed by atoms with van der Waals surface area (Å²) in [5, 5.41) is 4.95. The van der Waals surface area contributed by atoms with Crippen molar-refractivity contribution in [3.05, 3.63) is 60.7 Å². The lowest BCUT2D eigenvalue weighted by Crippen LogP contribution is -2.41. The molecule has 9 heteroatoms. The number of carbonyl (C=O) groups is 2. The number of benzene rings is 1. The van der Waals surface area contributed by atoms with E-state index in [9.17, 15) is 9.59 Å². The average molecular weight is 665 g/mol. The number of hydrogen-bond acceptors (Lipinski definition) is 4. The lowest BCUT2D eigenvalue weighted by Gasteiger charge is -2.37. The van der Waals surface area contributed by atoms with Gasteiger partial charge in [-0.2, -0.15) is 5.10 Å². The molecule has 0 unspecified atom stereocenters. The largest absolute Gasteiger partial charge is 0.343 e. The molecule has 0 bridgehead atoms. The number of aromatic nitrogens is 1. The molecule has 1 aliphatic heterocycles. The first-order chi connectivity index (χ1) is 18.3. The van der Waals surface area contributed by atoms with Crippen molar-refractivity contribution in [2.45, 2.75) is 70.6 Å². The van der Waals surface area contributed by atoms with Crippen molar-refractivity contribution in [2.75, 3.05) is 13.1 Å². The highest BCUT2D eigenvalue weighted by atomic mass is 79.9. The van der Waals surface area contributed by atoms with Crippen molar-refractivity contribution in [2.24, 2.45) is 16.9 Å². The van der Waals surface area contributed by atoms with Crippen molar-refractivity contribution >= 4 is 61.0 Å². The molecule has 1 aromatic heterocycles. The van der Waals surface area contributed by atoms with Gasteiger partial charge in [-0.3, -0.25) is 14.6 Å². The predicted octanol–water partition coefficient (Wildman–Crippen LogP) is 6.80. The summed E-state index contributed by atoms with van der Waals surface area (Å²) in [5.74, 6) is 1.10. The second-order valence-corrected chi connectivity index (χ2v) is 13.1. The van der Waals surface area contributed by atoms with E-state index in [2.05, 4.69) is 59.4 Å². The van der Waals surface area contributed by atoms with Gasteiger partial charge < -0.3 is 4.90 Å². The summed E-state index contributed by atoms with van der Waals surface area (Å²) >= 11 is 13.9. The molecule has 5 rings (SSSR count). The molecule has 1 aromatic carbocycles. The standard InChI is InChI=1S/C29H33Br2ClN4O2/c1-17(37)34-35-24-6-2-18(3-7-24)12-26(38)36-10-8-19(9-11-36)28-27-20(14-23(32)15-25(27)31)4-5-21-13-22(30)16-33-29(21)28/h13-16,18-19,28H,2-12H2,1H3,(H,34,37)/t18?,28-/m1/s1. The Balaban J connectivity index is 1.26. The van der Waals surface area contributed by atoms with E-state index in [1.807, 2.05) is 12.3 Å². The van der Waals surface area contributed by atoms with Crippen LogP contribution in [0.1, 0.15) is 80.2 Å². The van der Waals surface area contributed by atoms with Gasteiger partial charge in [0.25, 0.3) is 0 Å². The third-order valence-corrected chi connectivity index (χ3v) is 9.61. The maximum atomic E-state index is 13.2. The van der Waals surface area contributed by atoms with Gasteiger partial charge in [-0.05, 0) is 114 Å². The lowest BCUT2D eigenvalue weighted by molar-refractivity contribution is -0.133. The topological polar surface area (TPSA) is 74.7 Å². The normalized spacial score (nSPS) is 21.8. The van der Waals surface area contributed by atoms with E-state index in [4.69, 9.17) is 16.6 Å². The zero-order valence-electron chi connectivity index (χ0n) is 21.6. The Labute approximate surface area is 246 Å². The number of fused-ring (bicyclic) bond motifs is 2. The molecule has 2 aromatic rings. The van der Waals surface area contributed by atoms with E-state index in [1.165, 1.54) is 29.3 Å². The van der Waals surface area contributed by atoms with Crippen LogP contribution in [0.2, 0.25) is 5.02 Å². The van der Waals surface area contributed by atoms with Crippen LogP contribution in [-0.2, 0) is 22.4 Å². The van der Waals surface area contributed by atoms with Crippen LogP contribution >= 0.6 is 43.5 Å². The summed E-state index contributed by atoms with van der Waals surface area (Å²) in [7, 11) is 0. The van der Waals surface area contributed by atoms with E-state index < -0.39 is 0 Å². The summed E-state index contributed by atoms with van der Waals surface area (Å²) in [6, 6.07) is 6.34. The van der Waals surface area contributed by atoms with Crippen LogP contribution in [0.4, 0.5) is 0 Å². The van der Waals surface area contributed by atoms with Gasteiger partial charge in [-0.15, -0.1) is 0 Å². The Bertz CT molecular complexity index is 1250. The Hall–Kier alpha value is -1.77. The van der Waals surface area contributed by atoms with E-state index in [1.54, 1.807) is 0 Å². The molecule has 2 aliphatic carbocycles. The van der Waals surface area contributed by atoms with Gasteiger partial charge in [-0.25, -0.2) is 5.43 Å². The minimum Gasteiger partial charge on any atom is -0.343 e. The third kappa shape index (κ3) is 6.34. The predicted molar refractivity (Wildman–Crippen MR) is 157 cm³/mol. The highest BCUT2D eigenvalue weighted by Gasteiger charge is 2.36. The van der Waals surface area contributed by atoms with Crippen molar-refractivity contribution in [1.82, 2.24) is 15.3 Å². The Morgan fingerprint density at radius 1 is 1.05 bits per heavy atom. The SMILES string of the molecule is CC(=O)NN=C1CCC(CC(=O)N2CCC([C@H]3c4ncc(Br)cc4CCc4cc(Cl)cc(Br)c43)CC2)CC1. The molecule has 6 nitrogen and oxygen atoms in total. The minimum atomic E-state index is -0.145. The first kappa shape index (κ1) is 27.8. The first-order valence-electron chi connectivity index (χ1n) is 13.5. The molecule has 1 N–H and O–H groups in total. The molecule has 0 radical (unpaired) electrons. The molecule has 1 atom stereocenters. The molecule has 38 heavy (non-hydrogen) atoms. The van der Waals surface area contributed by atoms with Crippen LogP contribution < -0.4 is 5.43 Å². The van der Waals surface area contributed by atoms with E-state index in [0.717, 1.165) is 84.1 Å². The molecule has 1 saturated heterocycles. The maximum absolute atomic E-state index is 13.2. The highest BCUT2D eigenvalue weighted by molar-refractivity contribution is 9.10. The van der Waals surface area contributed by atoms with E-state index >= 15 is 0 Å². The van der Waals surface area contributed by atoms with E-state index in [-0.39, 0.29) is 17.7 Å². The average Bonchev–Trinajstić information content (AvgIpc) is 3.05. The Morgan fingerprint density at radius 3 is 2.47 bits per heavy atom. The molecule has 2 fully saturated rings. The number of pyridine rings is 1. The van der Waals surface area contributed by atoms with E-state index in [0.29, 0.717) is 18.3 Å². The fourth-order valence-corrected chi connectivity index (χ4v) is 7.87. The molecule has 202 valence electrons. The third-order valence-electron chi connectivity index (χ3n) is 8.30. The zero-order valence-corrected chi connectivity index (χ0v) is 25.5. The number of hydrazone groups is 1. The Morgan fingerprint density at radius 2 is 1.76 bits per heavy atom. The number of rotatable bonds is 4. The van der Waals surface area contributed by atoms with Crippen molar-refractivity contribution in [3.8, 4) is 0 Å². The summed E-state index contributed by atoms with van der Waals surface area (Å²) in [6.45, 7) is 3.04. The summed E-state index contributed by atoms with van der Waals surface area (Å²) in [6.07, 6.45) is 9.91. The lowest BCUT2D eigenvalue weighted by atomic mass is 9.76. The highest BCUT2D eigenvalue weighted by Crippen LogP contribution is 2.46. The second-order valence-electron chi connectivity index (χ2n) is 10.8. The number of piperidine rings is 1. The number of nitrogens with zero attached hydrogens (tertiary/aromatic N) is 3. The van der Waals surface area contributed by atoms with Crippen LogP contribution in [0, 0.1) is 11.8 Å². The van der Waals surface area contributed by atoms with Gasteiger partial charge in [0.2, 0.25) is 11.8 Å². The number of nitrogens with one attached hydrogen (secondary N) is 1. The first-order valence-corrected chi connectivity index (χ1v) is 15.5. The number of aryl methyl sites for hydroxylation is 2. The van der Waals surface area contributed by atoms with Gasteiger partial charge in [0, 0.05) is 58.2 Å². The monoisotopic (exact) mass is 662 g/mol. The number of carbonyl (C=O) groups excluding carboxylic acids is 2. The van der Waals surface area contributed by atoms with Gasteiger partial charge >= 0.3 is 0 Å². The molecule has 3 aliphatic rings. The van der Waals surface area contributed by atoms with Gasteiger partial charge in [-0.1, -0.05) is 27.5 Å². The summed E-state index contributed by atoms with van der Waals surface area (Å²) < 4.78 is 2.06. The van der Waals surface area contributed by atoms with Gasteiger partial charge in [0.15, 0.2) is 0 Å². The van der Waals surface area contributed by atoms with Crippen molar-refractivity contribution < 1.29 is 9.59 Å². The quantitative estimate of drug-likeness (QED) is 0.366. The van der Waals surface area contributed by atoms with Crippen molar-refractivity contribution in [1.29, 1.82) is 0 Å². The zero-order chi connectivity index (χ0) is 26.8. The van der Waals surface area contributed by atoms with Crippen LogP contribution in [0.25, 0.3) is 0 Å². The van der Waals surface area contributed by atoms with Gasteiger partial charge in [0.1, 0.15) is 0 Å². The summed E-state index contributed by atoms with van der Waals surface area (Å²) in [4.78, 5) is 31.3. The fraction of sp³-hybridized carbons (Fsp3) is 0.517. The molecular weight excluding hydrogens is 632 g/mol. The van der Waals surface area contributed by atoms with Gasteiger partial charge in [0.05, 0.1) is 5.69 Å². The van der Waals surface area contributed by atoms with Crippen molar-refractivity contribution in [3.63, 3.8) is 0 Å².